The highest BCUT2D eigenvalue weighted by molar-refractivity contribution is 5.79. The minimum Gasteiger partial charge on any atom is -0.355 e. The lowest BCUT2D eigenvalue weighted by Crippen LogP contribution is -2.43. The van der Waals surface area contributed by atoms with Crippen LogP contribution in [0.2, 0.25) is 0 Å². The first-order valence-corrected chi connectivity index (χ1v) is 5.21. The fraction of sp³-hybridized carbons (Fsp3) is 0.667. The van der Waals surface area contributed by atoms with Crippen LogP contribution in [0.3, 0.4) is 0 Å². The number of nitrogens with one attached hydrogen (secondary N) is 2. The van der Waals surface area contributed by atoms with Gasteiger partial charge in [-0.2, -0.15) is 5.10 Å². The number of hydrogen-bond donors (Lipinski definition) is 3. The van der Waals surface area contributed by atoms with Crippen molar-refractivity contribution in [1.82, 2.24) is 25.5 Å². The summed E-state index contributed by atoms with van der Waals surface area (Å²) in [6.07, 6.45) is 1.64. The van der Waals surface area contributed by atoms with Crippen LogP contribution >= 0.6 is 0 Å². The maximum atomic E-state index is 5.34. The molecule has 0 atom stereocenters. The quantitative estimate of drug-likeness (QED) is 0.275. The monoisotopic (exact) mass is 225 g/mol. The molecule has 16 heavy (non-hydrogen) atoms. The molecular weight excluding hydrogens is 206 g/mol. The van der Waals surface area contributed by atoms with E-state index in [1.165, 1.54) is 0 Å². The molecule has 0 radical (unpaired) electrons. The van der Waals surface area contributed by atoms with Crippen LogP contribution in [0.25, 0.3) is 0 Å². The molecule has 0 spiro atoms. The molecule has 90 valence electrons. The summed E-state index contributed by atoms with van der Waals surface area (Å²) in [5.74, 6) is 7.10. The Morgan fingerprint density at radius 1 is 1.62 bits per heavy atom. The SMILES string of the molecule is CC(C)CNC(=NCc1ncn(C)n1)NN. The van der Waals surface area contributed by atoms with Crippen LogP contribution in [0.15, 0.2) is 11.3 Å². The topological polar surface area (TPSA) is 93.1 Å². The highest BCUT2D eigenvalue weighted by Gasteiger charge is 2.00. The third kappa shape index (κ3) is 4.26. The predicted molar refractivity (Wildman–Crippen MR) is 62.3 cm³/mol. The molecule has 1 rings (SSSR count). The number of guanidine groups is 1. The molecule has 0 unspecified atom stereocenters. The number of rotatable bonds is 4. The van der Waals surface area contributed by atoms with Gasteiger partial charge in [-0.1, -0.05) is 13.8 Å². The van der Waals surface area contributed by atoms with Crippen LogP contribution in [0.1, 0.15) is 19.7 Å². The molecule has 0 fully saturated rings. The van der Waals surface area contributed by atoms with E-state index in [-0.39, 0.29) is 0 Å². The number of aliphatic imine (C=N–C) groups is 1. The largest absolute Gasteiger partial charge is 0.355 e. The van der Waals surface area contributed by atoms with E-state index < -0.39 is 0 Å². The van der Waals surface area contributed by atoms with Gasteiger partial charge in [-0.15, -0.1) is 0 Å². The molecular formula is C9H19N7. The van der Waals surface area contributed by atoms with Crippen LogP contribution in [-0.2, 0) is 13.6 Å². The molecule has 7 nitrogen and oxygen atoms in total. The van der Waals surface area contributed by atoms with E-state index in [1.54, 1.807) is 11.0 Å². The van der Waals surface area contributed by atoms with E-state index in [2.05, 4.69) is 39.7 Å². The average Bonchev–Trinajstić information content (AvgIpc) is 2.64. The van der Waals surface area contributed by atoms with Gasteiger partial charge in [0.2, 0.25) is 5.96 Å². The van der Waals surface area contributed by atoms with Gasteiger partial charge in [0, 0.05) is 13.6 Å². The van der Waals surface area contributed by atoms with Crippen molar-refractivity contribution in [2.45, 2.75) is 20.4 Å². The van der Waals surface area contributed by atoms with E-state index in [1.807, 2.05) is 7.05 Å². The molecule has 1 aromatic heterocycles. The molecule has 0 saturated carbocycles. The van der Waals surface area contributed by atoms with Gasteiger partial charge < -0.3 is 5.32 Å². The van der Waals surface area contributed by atoms with Gasteiger partial charge in [0.1, 0.15) is 12.9 Å². The van der Waals surface area contributed by atoms with Crippen LogP contribution in [-0.4, -0.2) is 27.3 Å². The Balaban J connectivity index is 2.46. The highest BCUT2D eigenvalue weighted by atomic mass is 15.3. The molecule has 0 aliphatic heterocycles. The predicted octanol–water partition coefficient (Wildman–Crippen LogP) is -0.620. The number of aryl methyl sites for hydroxylation is 1. The van der Waals surface area contributed by atoms with Gasteiger partial charge in [-0.05, 0) is 5.92 Å². The second-order valence-electron chi connectivity index (χ2n) is 3.92. The van der Waals surface area contributed by atoms with E-state index in [4.69, 9.17) is 5.84 Å². The summed E-state index contributed by atoms with van der Waals surface area (Å²) in [4.78, 5) is 8.29. The fourth-order valence-corrected chi connectivity index (χ4v) is 1.06. The number of nitrogens with zero attached hydrogens (tertiary/aromatic N) is 4. The van der Waals surface area contributed by atoms with Gasteiger partial charge in [-0.25, -0.2) is 15.8 Å². The zero-order valence-corrected chi connectivity index (χ0v) is 9.94. The first-order chi connectivity index (χ1) is 7.61. The lowest BCUT2D eigenvalue weighted by molar-refractivity contribution is 0.614. The smallest absolute Gasteiger partial charge is 0.206 e. The second kappa shape index (κ2) is 6.06. The zero-order valence-electron chi connectivity index (χ0n) is 9.94. The van der Waals surface area contributed by atoms with Crippen LogP contribution in [0.4, 0.5) is 0 Å². The van der Waals surface area contributed by atoms with E-state index in [0.29, 0.717) is 24.2 Å². The van der Waals surface area contributed by atoms with E-state index >= 15 is 0 Å². The first-order valence-electron chi connectivity index (χ1n) is 5.21. The van der Waals surface area contributed by atoms with Crippen molar-refractivity contribution in [3.05, 3.63) is 12.2 Å². The molecule has 0 aromatic carbocycles. The Labute approximate surface area is 95.1 Å². The molecule has 0 bridgehead atoms. The molecule has 0 aliphatic carbocycles. The molecule has 4 N–H and O–H groups in total. The highest BCUT2D eigenvalue weighted by Crippen LogP contribution is 1.91. The maximum absolute atomic E-state index is 5.34. The van der Waals surface area contributed by atoms with Crippen molar-refractivity contribution in [3.8, 4) is 0 Å². The molecule has 7 heteroatoms. The summed E-state index contributed by atoms with van der Waals surface area (Å²) < 4.78 is 1.64. The van der Waals surface area contributed by atoms with Gasteiger partial charge in [-0.3, -0.25) is 10.1 Å². The Morgan fingerprint density at radius 3 is 2.88 bits per heavy atom. The normalized spacial score (nSPS) is 11.9. The summed E-state index contributed by atoms with van der Waals surface area (Å²) >= 11 is 0. The zero-order chi connectivity index (χ0) is 12.0. The Bertz CT molecular complexity index is 341. The van der Waals surface area contributed by atoms with Gasteiger partial charge in [0.05, 0.1) is 0 Å². The van der Waals surface area contributed by atoms with Gasteiger partial charge in [0.15, 0.2) is 5.82 Å². The Kier molecular flexibility index (Phi) is 4.71. The van der Waals surface area contributed by atoms with Crippen LogP contribution in [0, 0.1) is 5.92 Å². The molecule has 1 heterocycles. The van der Waals surface area contributed by atoms with Crippen molar-refractivity contribution < 1.29 is 0 Å². The van der Waals surface area contributed by atoms with Crippen molar-refractivity contribution in [2.24, 2.45) is 23.8 Å². The van der Waals surface area contributed by atoms with Crippen LogP contribution < -0.4 is 16.6 Å². The van der Waals surface area contributed by atoms with Gasteiger partial charge >= 0.3 is 0 Å². The Hall–Kier alpha value is -1.63. The first kappa shape index (κ1) is 12.4. The lowest BCUT2D eigenvalue weighted by atomic mass is 10.2. The molecule has 1 aromatic rings. The summed E-state index contributed by atoms with van der Waals surface area (Å²) in [6.45, 7) is 5.45. The lowest BCUT2D eigenvalue weighted by Gasteiger charge is -2.10. The van der Waals surface area contributed by atoms with Crippen molar-refractivity contribution in [2.75, 3.05) is 6.54 Å². The maximum Gasteiger partial charge on any atom is 0.206 e. The minimum atomic E-state index is 0.408. The third-order valence-electron chi connectivity index (χ3n) is 1.84. The number of hydrogen-bond acceptors (Lipinski definition) is 4. The van der Waals surface area contributed by atoms with Crippen molar-refractivity contribution >= 4 is 5.96 Å². The summed E-state index contributed by atoms with van der Waals surface area (Å²) in [7, 11) is 1.82. The number of nitrogens with two attached hydrogens (primary N) is 1. The van der Waals surface area contributed by atoms with Crippen LogP contribution in [0.5, 0.6) is 0 Å². The molecule has 0 amide bonds. The number of aromatic nitrogens is 3. The molecule has 0 aliphatic rings. The van der Waals surface area contributed by atoms with E-state index in [9.17, 15) is 0 Å². The van der Waals surface area contributed by atoms with Gasteiger partial charge in [0.25, 0.3) is 0 Å². The average molecular weight is 225 g/mol. The van der Waals surface area contributed by atoms with Crippen molar-refractivity contribution in [1.29, 1.82) is 0 Å². The van der Waals surface area contributed by atoms with E-state index in [0.717, 1.165) is 6.54 Å². The van der Waals surface area contributed by atoms with Crippen molar-refractivity contribution in [3.63, 3.8) is 0 Å². The standard InChI is InChI=1S/C9H19N7/c1-7(2)4-11-9(14-10)12-5-8-13-6-16(3)15-8/h6-7H,4-5,10H2,1-3H3,(H2,11,12,14). The summed E-state index contributed by atoms with van der Waals surface area (Å²) in [5, 5.41) is 7.21. The second-order valence-corrected chi connectivity index (χ2v) is 3.92. The summed E-state index contributed by atoms with van der Waals surface area (Å²) in [6, 6.07) is 0. The number of hydrazine groups is 1. The summed E-state index contributed by atoms with van der Waals surface area (Å²) in [5.41, 5.74) is 2.51. The molecule has 0 saturated heterocycles. The fourth-order valence-electron chi connectivity index (χ4n) is 1.06. The Morgan fingerprint density at radius 2 is 2.38 bits per heavy atom. The minimum absolute atomic E-state index is 0.408. The third-order valence-corrected chi connectivity index (χ3v) is 1.84.